The monoisotopic (exact) mass is 324 g/mol. The van der Waals surface area contributed by atoms with Gasteiger partial charge in [-0.3, -0.25) is 4.79 Å². The first-order valence-electron chi connectivity index (χ1n) is 8.07. The van der Waals surface area contributed by atoms with Crippen LogP contribution in [0.15, 0.2) is 18.2 Å². The van der Waals surface area contributed by atoms with E-state index in [1.165, 1.54) is 11.3 Å². The number of hydrogen-bond donors (Lipinski definition) is 0. The summed E-state index contributed by atoms with van der Waals surface area (Å²) in [6, 6.07) is 6.33. The number of anilines is 1. The van der Waals surface area contributed by atoms with E-state index in [0.29, 0.717) is 6.42 Å². The molecule has 1 aromatic carbocycles. The molecule has 0 N–H and O–H groups in total. The van der Waals surface area contributed by atoms with Gasteiger partial charge in [-0.1, -0.05) is 25.1 Å². The minimum atomic E-state index is -4.79. The van der Waals surface area contributed by atoms with Crippen molar-refractivity contribution in [2.24, 2.45) is 0 Å². The van der Waals surface area contributed by atoms with Crippen LogP contribution in [0.25, 0.3) is 0 Å². The summed E-state index contributed by atoms with van der Waals surface area (Å²) in [4.78, 5) is 15.1. The number of rotatable bonds is 0. The van der Waals surface area contributed by atoms with E-state index >= 15 is 0 Å². The minimum absolute atomic E-state index is 0.142. The summed E-state index contributed by atoms with van der Waals surface area (Å²) in [7, 11) is 0. The van der Waals surface area contributed by atoms with Gasteiger partial charge in [-0.05, 0) is 30.4 Å². The molecule has 2 unspecified atom stereocenters. The van der Waals surface area contributed by atoms with Crippen LogP contribution in [-0.2, 0) is 16.6 Å². The third-order valence-electron chi connectivity index (χ3n) is 5.70. The standard InChI is InChI=1S/C17H19F3N2O/c1-16-10-21(15(23)17(18,19)20)9-7-13(16)22-8-3-5-11-4-2-6-12(16)14(11)22/h2,4,6,13H,3,5,7-10H2,1H3. The maximum absolute atomic E-state index is 12.8. The number of benzene rings is 1. The number of fused-ring (bicyclic) bond motifs is 3. The molecule has 1 fully saturated rings. The molecule has 0 spiro atoms. The first kappa shape index (κ1) is 14.8. The highest BCUT2D eigenvalue weighted by Crippen LogP contribution is 2.52. The number of aryl methyl sites for hydroxylation is 1. The zero-order valence-corrected chi connectivity index (χ0v) is 13.0. The quantitative estimate of drug-likeness (QED) is 0.733. The van der Waals surface area contributed by atoms with Crippen LogP contribution in [0.1, 0.15) is 30.9 Å². The van der Waals surface area contributed by atoms with E-state index in [1.54, 1.807) is 0 Å². The highest BCUT2D eigenvalue weighted by Gasteiger charge is 2.54. The number of nitrogens with zero attached hydrogens (tertiary/aromatic N) is 2. The van der Waals surface area contributed by atoms with Crippen LogP contribution in [-0.4, -0.2) is 42.7 Å². The van der Waals surface area contributed by atoms with E-state index in [4.69, 9.17) is 0 Å². The molecule has 0 bridgehead atoms. The molecule has 0 radical (unpaired) electrons. The summed E-state index contributed by atoms with van der Waals surface area (Å²) >= 11 is 0. The maximum Gasteiger partial charge on any atom is 0.471 e. The first-order chi connectivity index (χ1) is 10.8. The van der Waals surface area contributed by atoms with Gasteiger partial charge < -0.3 is 9.80 Å². The molecule has 3 aliphatic heterocycles. The summed E-state index contributed by atoms with van der Waals surface area (Å²) in [6.45, 7) is 3.29. The van der Waals surface area contributed by atoms with Gasteiger partial charge >= 0.3 is 12.1 Å². The van der Waals surface area contributed by atoms with Crippen LogP contribution in [0, 0.1) is 0 Å². The molecule has 0 saturated carbocycles. The first-order valence-corrected chi connectivity index (χ1v) is 8.07. The topological polar surface area (TPSA) is 23.6 Å². The van der Waals surface area contributed by atoms with E-state index < -0.39 is 17.5 Å². The van der Waals surface area contributed by atoms with Crippen molar-refractivity contribution in [2.45, 2.75) is 43.8 Å². The third-order valence-corrected chi connectivity index (χ3v) is 5.70. The van der Waals surface area contributed by atoms with Crippen LogP contribution in [0.4, 0.5) is 18.9 Å². The van der Waals surface area contributed by atoms with Gasteiger partial charge in [0.05, 0.1) is 0 Å². The number of hydrogen-bond acceptors (Lipinski definition) is 2. The molecule has 1 amide bonds. The van der Waals surface area contributed by atoms with Crippen LogP contribution in [0.5, 0.6) is 0 Å². The average molecular weight is 324 g/mol. The van der Waals surface area contributed by atoms with E-state index in [-0.39, 0.29) is 19.1 Å². The molecule has 2 atom stereocenters. The van der Waals surface area contributed by atoms with Crippen molar-refractivity contribution < 1.29 is 18.0 Å². The molecule has 3 nitrogen and oxygen atoms in total. The van der Waals surface area contributed by atoms with Gasteiger partial charge in [-0.15, -0.1) is 0 Å². The molecular formula is C17H19F3N2O. The number of carbonyl (C=O) groups is 1. The molecule has 23 heavy (non-hydrogen) atoms. The zero-order chi connectivity index (χ0) is 16.4. The zero-order valence-electron chi connectivity index (χ0n) is 13.0. The van der Waals surface area contributed by atoms with Crippen molar-refractivity contribution in [1.29, 1.82) is 0 Å². The van der Waals surface area contributed by atoms with Gasteiger partial charge in [0.25, 0.3) is 0 Å². The number of likely N-dealkylation sites (tertiary alicyclic amines) is 1. The number of para-hydroxylation sites is 1. The van der Waals surface area contributed by atoms with Gasteiger partial charge in [0.1, 0.15) is 0 Å². The second-order valence-electron chi connectivity index (χ2n) is 7.06. The van der Waals surface area contributed by atoms with Crippen molar-refractivity contribution in [2.75, 3.05) is 24.5 Å². The molecule has 1 aromatic rings. The van der Waals surface area contributed by atoms with Crippen LogP contribution >= 0.6 is 0 Å². The predicted molar refractivity (Wildman–Crippen MR) is 80.5 cm³/mol. The maximum atomic E-state index is 12.8. The lowest BCUT2D eigenvalue weighted by Crippen LogP contribution is -2.58. The van der Waals surface area contributed by atoms with Crippen molar-refractivity contribution >= 4 is 11.6 Å². The van der Waals surface area contributed by atoms with Gasteiger partial charge in [0.15, 0.2) is 0 Å². The smallest absolute Gasteiger partial charge is 0.367 e. The Kier molecular flexibility index (Phi) is 3.00. The number of piperidine rings is 1. The fourth-order valence-corrected chi connectivity index (χ4v) is 4.75. The highest BCUT2D eigenvalue weighted by atomic mass is 19.4. The number of halogens is 3. The number of alkyl halides is 3. The summed E-state index contributed by atoms with van der Waals surface area (Å²) in [5, 5.41) is 0. The lowest BCUT2D eigenvalue weighted by atomic mass is 9.74. The molecule has 124 valence electrons. The van der Waals surface area contributed by atoms with E-state index in [0.717, 1.165) is 29.8 Å². The Balaban J connectivity index is 1.74. The van der Waals surface area contributed by atoms with Crippen molar-refractivity contribution in [3.63, 3.8) is 0 Å². The largest absolute Gasteiger partial charge is 0.471 e. The fourth-order valence-electron chi connectivity index (χ4n) is 4.75. The molecule has 6 heteroatoms. The second-order valence-corrected chi connectivity index (χ2v) is 7.06. The van der Waals surface area contributed by atoms with Gasteiger partial charge in [0.2, 0.25) is 0 Å². The van der Waals surface area contributed by atoms with E-state index in [1.807, 2.05) is 19.1 Å². The molecule has 0 aliphatic carbocycles. The Morgan fingerprint density at radius 3 is 2.83 bits per heavy atom. The van der Waals surface area contributed by atoms with Crippen molar-refractivity contribution in [1.82, 2.24) is 4.90 Å². The van der Waals surface area contributed by atoms with Gasteiger partial charge in [-0.25, -0.2) is 0 Å². The summed E-state index contributed by atoms with van der Waals surface area (Å²) in [6.07, 6.45) is -2.10. The third kappa shape index (κ3) is 2.00. The fraction of sp³-hybridized carbons (Fsp3) is 0.588. The lowest BCUT2D eigenvalue weighted by molar-refractivity contribution is -0.187. The molecular weight excluding hydrogens is 305 g/mol. The number of amides is 1. The summed E-state index contributed by atoms with van der Waals surface area (Å²) in [5.74, 6) is -1.71. The van der Waals surface area contributed by atoms with Gasteiger partial charge in [0, 0.05) is 36.8 Å². The Hall–Kier alpha value is -1.72. The van der Waals surface area contributed by atoms with Crippen LogP contribution < -0.4 is 4.90 Å². The number of carbonyl (C=O) groups excluding carboxylic acids is 1. The van der Waals surface area contributed by atoms with Crippen molar-refractivity contribution in [3.8, 4) is 0 Å². The molecule has 0 aromatic heterocycles. The molecule has 3 aliphatic rings. The summed E-state index contributed by atoms with van der Waals surface area (Å²) < 4.78 is 38.4. The van der Waals surface area contributed by atoms with Crippen molar-refractivity contribution in [3.05, 3.63) is 29.3 Å². The average Bonchev–Trinajstić information content (AvgIpc) is 2.77. The molecule has 3 heterocycles. The molecule has 4 rings (SSSR count). The molecule has 1 saturated heterocycles. The van der Waals surface area contributed by atoms with Gasteiger partial charge in [-0.2, -0.15) is 13.2 Å². The van der Waals surface area contributed by atoms with E-state index in [2.05, 4.69) is 11.0 Å². The summed E-state index contributed by atoms with van der Waals surface area (Å²) in [5.41, 5.74) is 3.19. The Morgan fingerprint density at radius 2 is 2.09 bits per heavy atom. The van der Waals surface area contributed by atoms with Crippen LogP contribution in [0.2, 0.25) is 0 Å². The minimum Gasteiger partial charge on any atom is -0.367 e. The Morgan fingerprint density at radius 1 is 1.30 bits per heavy atom. The van der Waals surface area contributed by atoms with E-state index in [9.17, 15) is 18.0 Å². The normalized spacial score (nSPS) is 29.3. The second kappa shape index (κ2) is 4.65. The highest BCUT2D eigenvalue weighted by molar-refractivity contribution is 5.82. The lowest BCUT2D eigenvalue weighted by Gasteiger charge is -2.45. The SMILES string of the molecule is CC12CN(C(=O)C(F)(F)F)CCC1N1CCCc3cccc2c31. The Labute approximate surface area is 133 Å². The predicted octanol–water partition coefficient (Wildman–Crippen LogP) is 2.87. The Bertz CT molecular complexity index is 672. The van der Waals surface area contributed by atoms with Crippen LogP contribution in [0.3, 0.4) is 0 Å².